The molecule has 0 saturated carbocycles. The molecule has 0 heterocycles. The fourth-order valence-corrected chi connectivity index (χ4v) is 15.6. The van der Waals surface area contributed by atoms with Gasteiger partial charge in [-0.15, -0.1) is 0 Å². The van der Waals surface area contributed by atoms with Gasteiger partial charge in [-0.25, -0.2) is 0 Å². The molecule has 0 amide bonds. The number of rotatable bonds is 42. The molecule has 0 aliphatic carbocycles. The van der Waals surface area contributed by atoms with Crippen LogP contribution in [0.25, 0.3) is 0 Å². The minimum absolute atomic E-state index is 0.112. The molecular weight excluding hydrogens is 1010 g/mol. The van der Waals surface area contributed by atoms with Crippen LogP contribution in [0.2, 0.25) is 0 Å². The van der Waals surface area contributed by atoms with Crippen molar-refractivity contribution in [1.29, 1.82) is 0 Å². The van der Waals surface area contributed by atoms with Gasteiger partial charge in [0.05, 0.1) is 5.56 Å². The third-order valence-corrected chi connectivity index (χ3v) is 20.3. The molecule has 0 fully saturated rings. The topological polar surface area (TPSA) is 138 Å². The fourth-order valence-electron chi connectivity index (χ4n) is 12.9. The van der Waals surface area contributed by atoms with Gasteiger partial charge in [-0.2, -0.15) is 0 Å². The third-order valence-electron chi connectivity index (χ3n) is 17.7. The van der Waals surface area contributed by atoms with Crippen molar-refractivity contribution >= 4 is 20.9 Å². The van der Waals surface area contributed by atoms with E-state index in [4.69, 9.17) is 0 Å². The first-order valence-electron chi connectivity index (χ1n) is 33.0. The van der Waals surface area contributed by atoms with Crippen molar-refractivity contribution in [2.45, 2.75) is 368 Å². The zero-order valence-electron chi connectivity index (χ0n) is 54.3. The molecule has 0 radical (unpaired) electrons. The zero-order chi connectivity index (χ0) is 59.5. The number of aromatic hydroxyl groups is 2. The van der Waals surface area contributed by atoms with Crippen molar-refractivity contribution < 1.29 is 34.0 Å². The van der Waals surface area contributed by atoms with Crippen molar-refractivity contribution in [1.82, 2.24) is 0 Å². The van der Waals surface area contributed by atoms with Crippen molar-refractivity contribution in [2.75, 3.05) is 0 Å². The lowest BCUT2D eigenvalue weighted by Gasteiger charge is -2.41. The van der Waals surface area contributed by atoms with E-state index in [2.05, 4.69) is 62.3 Å². The van der Waals surface area contributed by atoms with E-state index >= 15 is 4.57 Å². The molecule has 0 aromatic heterocycles. The van der Waals surface area contributed by atoms with Crippen LogP contribution in [0.5, 0.6) is 11.5 Å². The molecule has 0 spiro atoms. The second-order valence-corrected chi connectivity index (χ2v) is 31.8. The van der Waals surface area contributed by atoms with Crippen LogP contribution in [0.1, 0.15) is 374 Å². The summed E-state index contributed by atoms with van der Waals surface area (Å²) in [6, 6.07) is 3.97. The molecular formula is C70H126O7P2. The third kappa shape index (κ3) is 25.2. The van der Waals surface area contributed by atoms with Crippen LogP contribution < -0.4 is 10.2 Å². The Bertz CT molecular complexity index is 2040. The smallest absolute Gasteiger partial charge is 0.349 e. The Morgan fingerprint density at radius 2 is 0.772 bits per heavy atom. The van der Waals surface area contributed by atoms with Gasteiger partial charge in [-0.1, -0.05) is 339 Å². The summed E-state index contributed by atoms with van der Waals surface area (Å²) in [4.78, 5) is 38.9. The standard InChI is InChI=1S/C70H126O7P2/c1-16-19-20-21-22-23-24-25-26-29-32-35-38-41-44-47-50-70(79(75,76)77,51-48-45-42-39-36-33-30-27-28-31-34-37-40-43-46-49-55(17-2)18-3)61-57(52-56-53-58(66(4,5)6)63(71)59(54-56)67(7,8)9)60(68(10,11)12)64(72)62(69(13,14)15)65(61)78(73)74/h53-55,71-72H,16-52H2,1-15H3,(H2,75,76,77). The van der Waals surface area contributed by atoms with Crippen molar-refractivity contribution in [3.05, 3.63) is 51.1 Å². The molecule has 79 heavy (non-hydrogen) atoms. The molecule has 2 aromatic rings. The van der Waals surface area contributed by atoms with Crippen LogP contribution in [0, 0.1) is 5.92 Å². The Morgan fingerprint density at radius 1 is 0.456 bits per heavy atom. The highest BCUT2D eigenvalue weighted by molar-refractivity contribution is 7.53. The van der Waals surface area contributed by atoms with E-state index in [1.54, 1.807) is 0 Å². The first-order valence-corrected chi connectivity index (χ1v) is 35.8. The lowest BCUT2D eigenvalue weighted by atomic mass is 9.70. The van der Waals surface area contributed by atoms with E-state index < -0.39 is 42.4 Å². The van der Waals surface area contributed by atoms with Gasteiger partial charge in [-0.05, 0) is 69.1 Å². The molecule has 2 aromatic carbocycles. The van der Waals surface area contributed by atoms with Gasteiger partial charge in [0, 0.05) is 11.1 Å². The maximum atomic E-state index is 15.1. The average molecular weight is 1140 g/mol. The minimum Gasteiger partial charge on any atom is -0.591 e. The van der Waals surface area contributed by atoms with Crippen LogP contribution in [-0.2, 0) is 42.4 Å². The van der Waals surface area contributed by atoms with E-state index in [0.29, 0.717) is 24.0 Å². The Morgan fingerprint density at radius 3 is 1.05 bits per heavy atom. The highest BCUT2D eigenvalue weighted by Crippen LogP contribution is 2.65. The van der Waals surface area contributed by atoms with E-state index in [0.717, 1.165) is 74.0 Å². The lowest BCUT2D eigenvalue weighted by Crippen LogP contribution is -2.39. The summed E-state index contributed by atoms with van der Waals surface area (Å²) in [5, 5.41) is 22.6. The predicted octanol–water partition coefficient (Wildman–Crippen LogP) is 21.7. The lowest BCUT2D eigenvalue weighted by molar-refractivity contribution is -0.160. The SMILES string of the molecule is CCCCCCCCCCCCCCCCCCC(CCCCCCCCCCCCCCCCCC(CC)CC)(c1c(Cc2cc(C(C)(C)C)c(O)c(C(C)(C)C)c2)c(C(C)(C)C)c(O)c(C(C)(C)C)c1[P+](=O)[O-])P(=O)(O)O. The first kappa shape index (κ1) is 73.4. The van der Waals surface area contributed by atoms with Crippen molar-refractivity contribution in [3.63, 3.8) is 0 Å². The Hall–Kier alpha value is -1.75. The summed E-state index contributed by atoms with van der Waals surface area (Å²) in [6.45, 7) is 31.0. The molecule has 2 unspecified atom stereocenters. The maximum Gasteiger partial charge on any atom is 0.349 e. The van der Waals surface area contributed by atoms with Crippen LogP contribution >= 0.6 is 15.6 Å². The van der Waals surface area contributed by atoms with Gasteiger partial charge in [0.15, 0.2) is 5.30 Å². The number of hydrogen-bond donors (Lipinski definition) is 4. The predicted molar refractivity (Wildman–Crippen MR) is 342 cm³/mol. The second kappa shape index (κ2) is 36.2. The molecule has 0 aliphatic heterocycles. The van der Waals surface area contributed by atoms with Crippen LogP contribution in [0.4, 0.5) is 0 Å². The molecule has 9 heteroatoms. The Balaban J connectivity index is 2.55. The van der Waals surface area contributed by atoms with E-state index in [1.165, 1.54) is 154 Å². The normalized spacial score (nSPS) is 13.9. The summed E-state index contributed by atoms with van der Waals surface area (Å²) < 4.78 is 29.4. The van der Waals surface area contributed by atoms with Crippen LogP contribution in [0.15, 0.2) is 12.1 Å². The van der Waals surface area contributed by atoms with Gasteiger partial charge in [0.1, 0.15) is 16.7 Å². The highest BCUT2D eigenvalue weighted by atomic mass is 31.2. The Kier molecular flexibility index (Phi) is 33.6. The van der Waals surface area contributed by atoms with E-state index in [-0.39, 0.29) is 47.2 Å². The van der Waals surface area contributed by atoms with Gasteiger partial charge < -0.3 is 24.9 Å². The zero-order valence-corrected chi connectivity index (χ0v) is 56.1. The molecule has 2 rings (SSSR count). The summed E-state index contributed by atoms with van der Waals surface area (Å²) in [6.07, 6.45) is 41.1. The summed E-state index contributed by atoms with van der Waals surface area (Å²) in [7, 11) is -8.59. The monoisotopic (exact) mass is 1140 g/mol. The van der Waals surface area contributed by atoms with Crippen molar-refractivity contribution in [3.8, 4) is 11.5 Å². The molecule has 458 valence electrons. The molecule has 7 nitrogen and oxygen atoms in total. The molecule has 4 N–H and O–H groups in total. The largest absolute Gasteiger partial charge is 0.591 e. The highest BCUT2D eigenvalue weighted by Gasteiger charge is 2.54. The quantitative estimate of drug-likeness (QED) is 0.0384. The van der Waals surface area contributed by atoms with Gasteiger partial charge in [-0.3, -0.25) is 4.57 Å². The number of phenolic OH excluding ortho intramolecular Hbond substituents is 2. The van der Waals surface area contributed by atoms with Gasteiger partial charge in [0.25, 0.3) is 0 Å². The van der Waals surface area contributed by atoms with Gasteiger partial charge in [0.2, 0.25) is 0 Å². The molecule has 2 atom stereocenters. The second-order valence-electron chi connectivity index (χ2n) is 28.9. The van der Waals surface area contributed by atoms with Crippen LogP contribution in [0.3, 0.4) is 0 Å². The first-order chi connectivity index (χ1) is 37.0. The van der Waals surface area contributed by atoms with Crippen molar-refractivity contribution in [2.24, 2.45) is 5.92 Å². The van der Waals surface area contributed by atoms with Crippen LogP contribution in [-0.4, -0.2) is 20.0 Å². The fraction of sp³-hybridized carbons (Fsp3) is 0.829. The molecule has 0 saturated heterocycles. The molecule has 0 bridgehead atoms. The summed E-state index contributed by atoms with van der Waals surface area (Å²) >= 11 is 0. The summed E-state index contributed by atoms with van der Waals surface area (Å²) in [5.41, 5.74) is 1.22. The number of benzene rings is 2. The Labute approximate surface area is 489 Å². The average Bonchev–Trinajstić information content (AvgIpc) is 3.46. The number of phenols is 2. The molecule has 0 aliphatic rings. The maximum absolute atomic E-state index is 15.1. The number of hydrogen-bond acceptors (Lipinski definition) is 5. The number of unbranched alkanes of at least 4 members (excludes halogenated alkanes) is 29. The summed E-state index contributed by atoms with van der Waals surface area (Å²) in [5.74, 6) is 1.02. The van der Waals surface area contributed by atoms with E-state index in [1.807, 2.05) is 53.7 Å². The van der Waals surface area contributed by atoms with Gasteiger partial charge >= 0.3 is 15.6 Å². The minimum atomic E-state index is -5.14. The van der Waals surface area contributed by atoms with E-state index in [9.17, 15) is 29.5 Å².